The number of rotatable bonds is 7. The summed E-state index contributed by atoms with van der Waals surface area (Å²) >= 11 is 0. The van der Waals surface area contributed by atoms with Gasteiger partial charge in [0.15, 0.2) is 0 Å². The second-order valence-corrected chi connectivity index (χ2v) is 7.63. The summed E-state index contributed by atoms with van der Waals surface area (Å²) in [4.78, 5) is 20.6. The number of aliphatic hydroxyl groups is 2. The van der Waals surface area contributed by atoms with E-state index in [-0.39, 0.29) is 18.1 Å². The van der Waals surface area contributed by atoms with Crippen molar-refractivity contribution in [3.05, 3.63) is 70.8 Å². The van der Waals surface area contributed by atoms with E-state index in [4.69, 9.17) is 10.2 Å². The van der Waals surface area contributed by atoms with Gasteiger partial charge in [0, 0.05) is 5.92 Å². The van der Waals surface area contributed by atoms with Crippen molar-refractivity contribution in [2.75, 3.05) is 0 Å². The largest absolute Gasteiger partial charge is 0.478 e. The molecule has 6 heteroatoms. The first-order valence-corrected chi connectivity index (χ1v) is 10.5. The van der Waals surface area contributed by atoms with Gasteiger partial charge in [0.25, 0.3) is 0 Å². The molecule has 0 saturated heterocycles. The third kappa shape index (κ3) is 12.6. The number of aromatic carboxylic acids is 2. The van der Waals surface area contributed by atoms with Crippen molar-refractivity contribution in [2.45, 2.75) is 66.1 Å². The minimum absolute atomic E-state index is 0.0509. The van der Waals surface area contributed by atoms with Crippen molar-refractivity contribution < 1.29 is 30.0 Å². The third-order valence-electron chi connectivity index (χ3n) is 4.73. The van der Waals surface area contributed by atoms with Crippen LogP contribution in [0.1, 0.15) is 71.9 Å². The fourth-order valence-electron chi connectivity index (χ4n) is 2.72. The Hall–Kier alpha value is -2.70. The molecular formula is C25H36O6. The Labute approximate surface area is 185 Å². The predicted molar refractivity (Wildman–Crippen MR) is 123 cm³/mol. The quantitative estimate of drug-likeness (QED) is 0.492. The first kappa shape index (κ1) is 28.3. The minimum Gasteiger partial charge on any atom is -0.478 e. The molecule has 6 nitrogen and oxygen atoms in total. The van der Waals surface area contributed by atoms with Crippen LogP contribution in [0.5, 0.6) is 0 Å². The molecule has 4 N–H and O–H groups in total. The lowest BCUT2D eigenvalue weighted by atomic mass is 9.92. The van der Waals surface area contributed by atoms with Gasteiger partial charge < -0.3 is 20.4 Å². The Morgan fingerprint density at radius 3 is 1.29 bits per heavy atom. The van der Waals surface area contributed by atoms with Gasteiger partial charge in [0.2, 0.25) is 0 Å². The Kier molecular flexibility index (Phi) is 13.8. The number of carboxylic acid groups (broad SMARTS) is 2. The van der Waals surface area contributed by atoms with Crippen LogP contribution in [0.25, 0.3) is 0 Å². The van der Waals surface area contributed by atoms with Crippen LogP contribution < -0.4 is 0 Å². The van der Waals surface area contributed by atoms with Crippen LogP contribution in [0.2, 0.25) is 0 Å². The van der Waals surface area contributed by atoms with Gasteiger partial charge in [-0.15, -0.1) is 0 Å². The van der Waals surface area contributed by atoms with Gasteiger partial charge >= 0.3 is 11.9 Å². The molecule has 31 heavy (non-hydrogen) atoms. The van der Waals surface area contributed by atoms with Gasteiger partial charge in [-0.1, -0.05) is 55.2 Å². The molecule has 0 bridgehead atoms. The van der Waals surface area contributed by atoms with Crippen molar-refractivity contribution in [2.24, 2.45) is 5.92 Å². The van der Waals surface area contributed by atoms with Crippen LogP contribution in [-0.4, -0.2) is 44.6 Å². The number of hydrogen-bond donors (Lipinski definition) is 4. The molecule has 172 valence electrons. The van der Waals surface area contributed by atoms with Crippen molar-refractivity contribution in [1.82, 2.24) is 0 Å². The molecule has 0 fully saturated rings. The fraction of sp³-hybridized carbons (Fsp3) is 0.440. The highest BCUT2D eigenvalue weighted by Crippen LogP contribution is 2.16. The summed E-state index contributed by atoms with van der Waals surface area (Å²) in [6.07, 6.45) is 2.35. The van der Waals surface area contributed by atoms with Crippen LogP contribution >= 0.6 is 0 Å². The van der Waals surface area contributed by atoms with E-state index < -0.39 is 11.9 Å². The van der Waals surface area contributed by atoms with Crippen LogP contribution in [0.4, 0.5) is 0 Å². The SMILES string of the molecule is CCCCC(C(C)O)C(C)O.Cc1ccc(C(=O)O)cc1.Cc1ccc(C(=O)O)cc1. The number of benzene rings is 2. The van der Waals surface area contributed by atoms with Gasteiger partial charge in [0.05, 0.1) is 23.3 Å². The molecular weight excluding hydrogens is 396 g/mol. The molecule has 0 aliphatic carbocycles. The maximum atomic E-state index is 10.3. The van der Waals surface area contributed by atoms with Crippen LogP contribution in [-0.2, 0) is 0 Å². The maximum Gasteiger partial charge on any atom is 0.335 e. The normalized spacial score (nSPS) is 12.9. The second-order valence-electron chi connectivity index (χ2n) is 7.63. The lowest BCUT2D eigenvalue weighted by molar-refractivity contribution is 0.0261. The van der Waals surface area contributed by atoms with E-state index in [1.165, 1.54) is 0 Å². The van der Waals surface area contributed by atoms with Gasteiger partial charge in [-0.3, -0.25) is 0 Å². The zero-order valence-electron chi connectivity index (χ0n) is 19.1. The van der Waals surface area contributed by atoms with Gasteiger partial charge in [-0.25, -0.2) is 9.59 Å². The smallest absolute Gasteiger partial charge is 0.335 e. The zero-order chi connectivity index (χ0) is 24.0. The van der Waals surface area contributed by atoms with Gasteiger partial charge in [-0.05, 0) is 58.4 Å². The number of carbonyl (C=O) groups is 2. The van der Waals surface area contributed by atoms with Crippen molar-refractivity contribution in [1.29, 1.82) is 0 Å². The Bertz CT molecular complexity index is 700. The number of aryl methyl sites for hydroxylation is 2. The first-order chi connectivity index (χ1) is 14.5. The van der Waals surface area contributed by atoms with Gasteiger partial charge in [-0.2, -0.15) is 0 Å². The zero-order valence-corrected chi connectivity index (χ0v) is 19.1. The Balaban J connectivity index is 0.000000436. The molecule has 2 atom stereocenters. The van der Waals surface area contributed by atoms with E-state index in [2.05, 4.69) is 6.92 Å². The number of hydrogen-bond acceptors (Lipinski definition) is 4. The minimum atomic E-state index is -0.875. The summed E-state index contributed by atoms with van der Waals surface area (Å²) in [6.45, 7) is 9.44. The highest BCUT2D eigenvalue weighted by Gasteiger charge is 2.19. The van der Waals surface area contributed by atoms with E-state index in [1.54, 1.807) is 62.4 Å². The average Bonchev–Trinajstić information content (AvgIpc) is 2.69. The van der Waals surface area contributed by atoms with Crippen molar-refractivity contribution in [3.8, 4) is 0 Å². The Morgan fingerprint density at radius 2 is 1.06 bits per heavy atom. The van der Waals surface area contributed by atoms with Crippen LogP contribution in [0, 0.1) is 19.8 Å². The first-order valence-electron chi connectivity index (χ1n) is 10.5. The molecule has 0 aromatic heterocycles. The predicted octanol–water partition coefficient (Wildman–Crippen LogP) is 4.94. The molecule has 0 heterocycles. The molecule has 0 radical (unpaired) electrons. The van der Waals surface area contributed by atoms with Gasteiger partial charge in [0.1, 0.15) is 0 Å². The van der Waals surface area contributed by atoms with E-state index in [0.717, 1.165) is 30.4 Å². The van der Waals surface area contributed by atoms with Crippen LogP contribution in [0.15, 0.2) is 48.5 Å². The molecule has 2 aromatic rings. The monoisotopic (exact) mass is 432 g/mol. The summed E-state index contributed by atoms with van der Waals surface area (Å²) in [7, 11) is 0. The molecule has 2 aromatic carbocycles. The summed E-state index contributed by atoms with van der Waals surface area (Å²) in [5.74, 6) is -1.70. The molecule has 0 aliphatic heterocycles. The maximum absolute atomic E-state index is 10.3. The van der Waals surface area contributed by atoms with E-state index in [0.29, 0.717) is 11.1 Å². The van der Waals surface area contributed by atoms with Crippen LogP contribution in [0.3, 0.4) is 0 Å². The molecule has 0 aliphatic rings. The van der Waals surface area contributed by atoms with E-state index >= 15 is 0 Å². The fourth-order valence-corrected chi connectivity index (χ4v) is 2.72. The number of aliphatic hydroxyl groups excluding tert-OH is 2. The average molecular weight is 433 g/mol. The van der Waals surface area contributed by atoms with E-state index in [1.807, 2.05) is 13.8 Å². The molecule has 0 saturated carbocycles. The molecule has 0 spiro atoms. The summed E-state index contributed by atoms with van der Waals surface area (Å²) in [5, 5.41) is 35.4. The molecule has 2 unspecified atom stereocenters. The third-order valence-corrected chi connectivity index (χ3v) is 4.73. The summed E-state index contributed by atoms with van der Waals surface area (Å²) in [5.41, 5.74) is 2.83. The topological polar surface area (TPSA) is 115 Å². The second kappa shape index (κ2) is 15.2. The lowest BCUT2D eigenvalue weighted by Gasteiger charge is -2.22. The molecule has 2 rings (SSSR count). The standard InChI is InChI=1S/C9H20O2.2C8H8O2/c1-4-5-6-9(7(2)10)8(3)11;2*1-6-2-4-7(5-3-6)8(9)10/h7-11H,4-6H2,1-3H3;2*2-5H,1H3,(H,9,10). The Morgan fingerprint density at radius 1 is 0.742 bits per heavy atom. The summed E-state index contributed by atoms with van der Waals surface area (Å²) < 4.78 is 0. The number of unbranched alkanes of at least 4 members (excludes halogenated alkanes) is 1. The van der Waals surface area contributed by atoms with E-state index in [9.17, 15) is 19.8 Å². The molecule has 0 amide bonds. The highest BCUT2D eigenvalue weighted by molar-refractivity contribution is 5.87. The summed E-state index contributed by atoms with van der Waals surface area (Å²) in [6, 6.07) is 13.5. The highest BCUT2D eigenvalue weighted by atomic mass is 16.4. The number of carboxylic acids is 2. The lowest BCUT2D eigenvalue weighted by Crippen LogP contribution is -2.27. The van der Waals surface area contributed by atoms with Crippen molar-refractivity contribution >= 4 is 11.9 Å². The van der Waals surface area contributed by atoms with Crippen molar-refractivity contribution in [3.63, 3.8) is 0 Å².